The van der Waals surface area contributed by atoms with E-state index in [-0.39, 0.29) is 29.4 Å². The molecule has 6 nitrogen and oxygen atoms in total. The number of guanidine groups is 1. The molecule has 0 amide bonds. The molecule has 2 aromatic rings. The van der Waals surface area contributed by atoms with Gasteiger partial charge in [0.15, 0.2) is 17.5 Å². The molecule has 0 spiro atoms. The van der Waals surface area contributed by atoms with Gasteiger partial charge < -0.3 is 20.1 Å². The summed E-state index contributed by atoms with van der Waals surface area (Å²) in [6.07, 6.45) is 1.79. The third-order valence-corrected chi connectivity index (χ3v) is 4.32. The van der Waals surface area contributed by atoms with Crippen molar-refractivity contribution in [3.8, 4) is 11.5 Å². The molecule has 0 bridgehead atoms. The Hall–Kier alpha value is -2.03. The second-order valence-corrected chi connectivity index (χ2v) is 6.82. The third kappa shape index (κ3) is 5.72. The number of aliphatic imine (C=N–C) groups is 1. The fraction of sp³-hybridized carbons (Fsp3) is 0.400. The van der Waals surface area contributed by atoms with Crippen LogP contribution in [-0.4, -0.2) is 30.8 Å². The largest absolute Gasteiger partial charge is 0.454 e. The van der Waals surface area contributed by atoms with Crippen LogP contribution in [0.3, 0.4) is 0 Å². The molecule has 0 radical (unpaired) electrons. The number of nitrogens with zero attached hydrogens (tertiary/aromatic N) is 2. The van der Waals surface area contributed by atoms with Crippen molar-refractivity contribution in [3.63, 3.8) is 0 Å². The van der Waals surface area contributed by atoms with Gasteiger partial charge in [0.25, 0.3) is 0 Å². The second kappa shape index (κ2) is 9.77. The van der Waals surface area contributed by atoms with E-state index in [2.05, 4.69) is 53.5 Å². The molecule has 1 aliphatic rings. The van der Waals surface area contributed by atoms with Crippen LogP contribution in [0.25, 0.3) is 0 Å². The molecule has 1 aromatic heterocycles. The van der Waals surface area contributed by atoms with Gasteiger partial charge in [-0.15, -0.1) is 24.0 Å². The van der Waals surface area contributed by atoms with Crippen molar-refractivity contribution in [2.24, 2.45) is 4.99 Å². The van der Waals surface area contributed by atoms with Crippen molar-refractivity contribution in [3.05, 3.63) is 53.9 Å². The SMILES string of the molecule is CCNC(=NCc1ccccn1)NCC(C)(C)c1ccc2c(c1)OCO2.I. The number of pyridine rings is 1. The van der Waals surface area contributed by atoms with Crippen LogP contribution in [0.4, 0.5) is 0 Å². The summed E-state index contributed by atoms with van der Waals surface area (Å²) in [5.74, 6) is 2.40. The van der Waals surface area contributed by atoms with Crippen molar-refractivity contribution < 1.29 is 9.47 Å². The Kier molecular flexibility index (Phi) is 7.70. The van der Waals surface area contributed by atoms with Crippen LogP contribution in [0.1, 0.15) is 32.0 Å². The number of nitrogens with one attached hydrogen (secondary N) is 2. The van der Waals surface area contributed by atoms with E-state index in [1.807, 2.05) is 24.3 Å². The first-order valence-corrected chi connectivity index (χ1v) is 8.91. The Morgan fingerprint density at radius 1 is 1.15 bits per heavy atom. The van der Waals surface area contributed by atoms with Crippen LogP contribution < -0.4 is 20.1 Å². The van der Waals surface area contributed by atoms with Crippen molar-refractivity contribution in [2.75, 3.05) is 19.9 Å². The van der Waals surface area contributed by atoms with E-state index in [0.717, 1.165) is 36.2 Å². The number of hydrogen-bond donors (Lipinski definition) is 2. The number of ether oxygens (including phenoxy) is 2. The lowest BCUT2D eigenvalue weighted by Crippen LogP contribution is -2.43. The number of hydrogen-bond acceptors (Lipinski definition) is 4. The van der Waals surface area contributed by atoms with Gasteiger partial charge >= 0.3 is 0 Å². The van der Waals surface area contributed by atoms with Gasteiger partial charge in [0.05, 0.1) is 12.2 Å². The summed E-state index contributed by atoms with van der Waals surface area (Å²) in [4.78, 5) is 8.94. The molecule has 27 heavy (non-hydrogen) atoms. The van der Waals surface area contributed by atoms with E-state index in [0.29, 0.717) is 13.3 Å². The molecule has 2 heterocycles. The molecule has 0 aliphatic carbocycles. The Morgan fingerprint density at radius 2 is 1.96 bits per heavy atom. The molecular formula is C20H27IN4O2. The smallest absolute Gasteiger partial charge is 0.231 e. The zero-order chi connectivity index (χ0) is 18.4. The number of halogens is 1. The van der Waals surface area contributed by atoms with Crippen LogP contribution in [0, 0.1) is 0 Å². The van der Waals surface area contributed by atoms with Crippen molar-refractivity contribution >= 4 is 29.9 Å². The Bertz CT molecular complexity index is 766. The Balaban J connectivity index is 0.00000261. The summed E-state index contributed by atoms with van der Waals surface area (Å²) in [5, 5.41) is 6.72. The number of fused-ring (bicyclic) bond motifs is 1. The zero-order valence-electron chi connectivity index (χ0n) is 16.0. The summed E-state index contributed by atoms with van der Waals surface area (Å²) < 4.78 is 10.9. The van der Waals surface area contributed by atoms with E-state index in [1.165, 1.54) is 5.56 Å². The van der Waals surface area contributed by atoms with Gasteiger partial charge in [0.1, 0.15) is 0 Å². The minimum atomic E-state index is -0.0951. The minimum absolute atomic E-state index is 0. The summed E-state index contributed by atoms with van der Waals surface area (Å²) in [6, 6.07) is 12.0. The number of rotatable bonds is 6. The first kappa shape index (κ1) is 21.3. The fourth-order valence-electron chi connectivity index (χ4n) is 2.72. The number of aromatic nitrogens is 1. The van der Waals surface area contributed by atoms with Crippen molar-refractivity contribution in [1.29, 1.82) is 0 Å². The quantitative estimate of drug-likeness (QED) is 0.375. The standard InChI is InChI=1S/C20H26N4O2.HI/c1-4-21-19(23-12-16-7-5-6-10-22-16)24-13-20(2,3)15-8-9-17-18(11-15)26-14-25-17;/h5-11H,4,12-14H2,1-3H3,(H2,21,23,24);1H. The third-order valence-electron chi connectivity index (χ3n) is 4.32. The molecule has 0 atom stereocenters. The molecule has 1 aliphatic heterocycles. The van der Waals surface area contributed by atoms with Gasteiger partial charge in [-0.2, -0.15) is 0 Å². The van der Waals surface area contributed by atoms with Gasteiger partial charge in [-0.3, -0.25) is 4.98 Å². The van der Waals surface area contributed by atoms with Crippen LogP contribution in [0.5, 0.6) is 11.5 Å². The van der Waals surface area contributed by atoms with Crippen molar-refractivity contribution in [1.82, 2.24) is 15.6 Å². The average Bonchev–Trinajstić information content (AvgIpc) is 3.13. The van der Waals surface area contributed by atoms with Crippen molar-refractivity contribution in [2.45, 2.75) is 32.7 Å². The van der Waals surface area contributed by atoms with Gasteiger partial charge in [-0.1, -0.05) is 26.0 Å². The first-order chi connectivity index (χ1) is 12.6. The summed E-state index contributed by atoms with van der Waals surface area (Å²) in [5.41, 5.74) is 2.04. The van der Waals surface area contributed by atoms with E-state index in [4.69, 9.17) is 9.47 Å². The molecule has 7 heteroatoms. The van der Waals surface area contributed by atoms with Gasteiger partial charge in [-0.25, -0.2) is 4.99 Å². The molecule has 0 fully saturated rings. The Labute approximate surface area is 177 Å². The second-order valence-electron chi connectivity index (χ2n) is 6.82. The summed E-state index contributed by atoms with van der Waals surface area (Å²) in [6.45, 7) is 8.82. The van der Waals surface area contributed by atoms with Crippen LogP contribution in [-0.2, 0) is 12.0 Å². The maximum Gasteiger partial charge on any atom is 0.231 e. The van der Waals surface area contributed by atoms with E-state index in [1.54, 1.807) is 6.20 Å². The normalized spacial score (nSPS) is 13.1. The highest BCUT2D eigenvalue weighted by Crippen LogP contribution is 2.36. The van der Waals surface area contributed by atoms with E-state index < -0.39 is 0 Å². The van der Waals surface area contributed by atoms with Crippen LogP contribution >= 0.6 is 24.0 Å². The highest BCUT2D eigenvalue weighted by molar-refractivity contribution is 14.0. The van der Waals surface area contributed by atoms with E-state index >= 15 is 0 Å². The highest BCUT2D eigenvalue weighted by Gasteiger charge is 2.24. The fourth-order valence-corrected chi connectivity index (χ4v) is 2.72. The molecule has 3 rings (SSSR count). The highest BCUT2D eigenvalue weighted by atomic mass is 127. The maximum atomic E-state index is 5.50. The Morgan fingerprint density at radius 3 is 2.70 bits per heavy atom. The molecule has 146 valence electrons. The molecule has 2 N–H and O–H groups in total. The number of benzene rings is 1. The van der Waals surface area contributed by atoms with Crippen LogP contribution in [0.15, 0.2) is 47.6 Å². The zero-order valence-corrected chi connectivity index (χ0v) is 18.3. The average molecular weight is 482 g/mol. The predicted octanol–water partition coefficient (Wildman–Crippen LogP) is 3.46. The first-order valence-electron chi connectivity index (χ1n) is 8.91. The molecule has 0 saturated carbocycles. The lowest BCUT2D eigenvalue weighted by molar-refractivity contribution is 0.174. The maximum absolute atomic E-state index is 5.50. The predicted molar refractivity (Wildman–Crippen MR) is 118 cm³/mol. The van der Waals surface area contributed by atoms with Gasteiger partial charge in [0.2, 0.25) is 6.79 Å². The van der Waals surface area contributed by atoms with Gasteiger partial charge in [-0.05, 0) is 36.8 Å². The monoisotopic (exact) mass is 482 g/mol. The lowest BCUT2D eigenvalue weighted by Gasteiger charge is -2.27. The van der Waals surface area contributed by atoms with E-state index in [9.17, 15) is 0 Å². The molecule has 1 aromatic carbocycles. The lowest BCUT2D eigenvalue weighted by atomic mass is 9.84. The summed E-state index contributed by atoms with van der Waals surface area (Å²) >= 11 is 0. The minimum Gasteiger partial charge on any atom is -0.454 e. The molecule has 0 unspecified atom stereocenters. The molecule has 0 saturated heterocycles. The van der Waals surface area contributed by atoms with Gasteiger partial charge in [0, 0.05) is 24.7 Å². The summed E-state index contributed by atoms with van der Waals surface area (Å²) in [7, 11) is 0. The molecular weight excluding hydrogens is 455 g/mol. The topological polar surface area (TPSA) is 67.8 Å². The van der Waals surface area contributed by atoms with Crippen LogP contribution in [0.2, 0.25) is 0 Å².